The standard InChI is InChI=1S/C28H21N3O3S/c32-26(20-10-7-13-23(17-20)33-18-19-8-2-1-3-9-19)31-28(35)29-22-12-6-11-21(16-22)27-30-24-14-4-5-15-25(24)34-27/h1-17H,18H2,(H2,29,31,32,35). The maximum atomic E-state index is 12.7. The van der Waals surface area contributed by atoms with Gasteiger partial charge in [-0.15, -0.1) is 0 Å². The molecule has 6 nitrogen and oxygen atoms in total. The molecule has 7 heteroatoms. The third-order valence-corrected chi connectivity index (χ3v) is 5.44. The molecule has 0 saturated carbocycles. The van der Waals surface area contributed by atoms with Crippen molar-refractivity contribution >= 4 is 40.0 Å². The maximum absolute atomic E-state index is 12.7. The van der Waals surface area contributed by atoms with Crippen LogP contribution < -0.4 is 15.4 Å². The Kier molecular flexibility index (Phi) is 6.50. The molecule has 0 spiro atoms. The minimum atomic E-state index is -0.331. The van der Waals surface area contributed by atoms with Gasteiger partial charge in [-0.05, 0) is 66.3 Å². The number of anilines is 1. The average Bonchev–Trinajstić information content (AvgIpc) is 3.33. The van der Waals surface area contributed by atoms with Crippen LogP contribution in [0.4, 0.5) is 5.69 Å². The van der Waals surface area contributed by atoms with Gasteiger partial charge in [-0.2, -0.15) is 0 Å². The number of oxazole rings is 1. The number of rotatable bonds is 6. The molecule has 2 N–H and O–H groups in total. The van der Waals surface area contributed by atoms with Crippen molar-refractivity contribution in [3.8, 4) is 17.2 Å². The van der Waals surface area contributed by atoms with Crippen molar-refractivity contribution in [2.24, 2.45) is 0 Å². The number of fused-ring (bicyclic) bond motifs is 1. The highest BCUT2D eigenvalue weighted by Gasteiger charge is 2.11. The molecule has 1 amide bonds. The predicted octanol–water partition coefficient (Wildman–Crippen LogP) is 6.20. The van der Waals surface area contributed by atoms with Crippen molar-refractivity contribution in [2.45, 2.75) is 6.61 Å². The Hall–Kier alpha value is -4.49. The van der Waals surface area contributed by atoms with Crippen LogP contribution in [0.25, 0.3) is 22.6 Å². The summed E-state index contributed by atoms with van der Waals surface area (Å²) in [5, 5.41) is 5.94. The van der Waals surface area contributed by atoms with Crippen molar-refractivity contribution in [1.82, 2.24) is 10.3 Å². The number of hydrogen-bond acceptors (Lipinski definition) is 5. The van der Waals surface area contributed by atoms with Crippen LogP contribution in [-0.2, 0) is 6.61 Å². The first kappa shape index (κ1) is 22.3. The van der Waals surface area contributed by atoms with Gasteiger partial charge in [-0.1, -0.05) is 54.6 Å². The molecule has 172 valence electrons. The van der Waals surface area contributed by atoms with E-state index >= 15 is 0 Å². The van der Waals surface area contributed by atoms with Gasteiger partial charge in [0.1, 0.15) is 17.9 Å². The minimum Gasteiger partial charge on any atom is -0.489 e. The summed E-state index contributed by atoms with van der Waals surface area (Å²) in [6, 6.07) is 31.9. The summed E-state index contributed by atoms with van der Waals surface area (Å²) >= 11 is 5.36. The van der Waals surface area contributed by atoms with Crippen LogP contribution >= 0.6 is 12.2 Å². The van der Waals surface area contributed by atoms with Crippen LogP contribution in [0.2, 0.25) is 0 Å². The number of hydrogen-bond donors (Lipinski definition) is 2. The van der Waals surface area contributed by atoms with Gasteiger partial charge in [0, 0.05) is 16.8 Å². The largest absolute Gasteiger partial charge is 0.489 e. The molecule has 0 fully saturated rings. The van der Waals surface area contributed by atoms with Gasteiger partial charge < -0.3 is 14.5 Å². The summed E-state index contributed by atoms with van der Waals surface area (Å²) in [4.78, 5) is 17.3. The Labute approximate surface area is 207 Å². The minimum absolute atomic E-state index is 0.181. The van der Waals surface area contributed by atoms with E-state index in [4.69, 9.17) is 21.4 Å². The number of amides is 1. The van der Waals surface area contributed by atoms with Gasteiger partial charge in [0.25, 0.3) is 5.91 Å². The smallest absolute Gasteiger partial charge is 0.257 e. The highest BCUT2D eigenvalue weighted by atomic mass is 32.1. The molecule has 35 heavy (non-hydrogen) atoms. The van der Waals surface area contributed by atoms with Gasteiger partial charge in [0.05, 0.1) is 0 Å². The fraction of sp³-hybridized carbons (Fsp3) is 0.0357. The van der Waals surface area contributed by atoms with E-state index in [-0.39, 0.29) is 11.0 Å². The van der Waals surface area contributed by atoms with Gasteiger partial charge in [-0.3, -0.25) is 10.1 Å². The first-order valence-corrected chi connectivity index (χ1v) is 11.4. The molecule has 0 atom stereocenters. The van der Waals surface area contributed by atoms with Crippen LogP contribution in [0, 0.1) is 0 Å². The predicted molar refractivity (Wildman–Crippen MR) is 140 cm³/mol. The molecule has 1 aromatic heterocycles. The van der Waals surface area contributed by atoms with Crippen molar-refractivity contribution < 1.29 is 13.9 Å². The van der Waals surface area contributed by atoms with Crippen LogP contribution in [0.5, 0.6) is 5.75 Å². The third kappa shape index (κ3) is 5.54. The number of ether oxygens (including phenoxy) is 1. The zero-order valence-electron chi connectivity index (χ0n) is 18.6. The van der Waals surface area contributed by atoms with E-state index in [1.54, 1.807) is 18.2 Å². The summed E-state index contributed by atoms with van der Waals surface area (Å²) in [7, 11) is 0. The second-order valence-corrected chi connectivity index (χ2v) is 8.19. The monoisotopic (exact) mass is 479 g/mol. The second-order valence-electron chi connectivity index (χ2n) is 7.78. The highest BCUT2D eigenvalue weighted by Crippen LogP contribution is 2.26. The fourth-order valence-corrected chi connectivity index (χ4v) is 3.74. The van der Waals surface area contributed by atoms with Crippen molar-refractivity contribution in [3.05, 3.63) is 114 Å². The SMILES string of the molecule is O=C(NC(=S)Nc1cccc(-c2nc3ccccc3o2)c1)c1cccc(OCc2ccccc2)c1. The van der Waals surface area contributed by atoms with Crippen molar-refractivity contribution in [1.29, 1.82) is 0 Å². The lowest BCUT2D eigenvalue weighted by Gasteiger charge is -2.11. The number of aromatic nitrogens is 1. The van der Waals surface area contributed by atoms with E-state index in [0.29, 0.717) is 29.5 Å². The van der Waals surface area contributed by atoms with Crippen molar-refractivity contribution in [3.63, 3.8) is 0 Å². The number of nitrogens with zero attached hydrogens (tertiary/aromatic N) is 1. The Morgan fingerprint density at radius 1 is 0.886 bits per heavy atom. The van der Waals surface area contributed by atoms with E-state index < -0.39 is 0 Å². The topological polar surface area (TPSA) is 76.4 Å². The lowest BCUT2D eigenvalue weighted by atomic mass is 10.2. The van der Waals surface area contributed by atoms with E-state index in [9.17, 15) is 4.79 Å². The first-order valence-electron chi connectivity index (χ1n) is 11.0. The molecule has 0 bridgehead atoms. The zero-order chi connectivity index (χ0) is 24.0. The summed E-state index contributed by atoms with van der Waals surface area (Å²) < 4.78 is 11.7. The Balaban J connectivity index is 1.22. The van der Waals surface area contributed by atoms with E-state index in [2.05, 4.69) is 15.6 Å². The summed E-state index contributed by atoms with van der Waals surface area (Å²) in [6.45, 7) is 0.419. The van der Waals surface area contributed by atoms with E-state index in [1.165, 1.54) is 0 Å². The molecule has 5 rings (SSSR count). The normalized spacial score (nSPS) is 10.6. The molecule has 0 aliphatic heterocycles. The molecule has 0 aliphatic carbocycles. The van der Waals surface area contributed by atoms with E-state index in [0.717, 1.165) is 22.2 Å². The van der Waals surface area contributed by atoms with Crippen LogP contribution in [0.3, 0.4) is 0 Å². The highest BCUT2D eigenvalue weighted by molar-refractivity contribution is 7.80. The van der Waals surface area contributed by atoms with Gasteiger partial charge in [0.2, 0.25) is 5.89 Å². The molecule has 1 heterocycles. The number of carbonyl (C=O) groups excluding carboxylic acids is 1. The van der Waals surface area contributed by atoms with Gasteiger partial charge >= 0.3 is 0 Å². The molecule has 0 unspecified atom stereocenters. The maximum Gasteiger partial charge on any atom is 0.257 e. The lowest BCUT2D eigenvalue weighted by molar-refractivity contribution is 0.0977. The fourth-order valence-electron chi connectivity index (χ4n) is 3.53. The van der Waals surface area contributed by atoms with Gasteiger partial charge in [0.15, 0.2) is 10.7 Å². The average molecular weight is 480 g/mol. The number of thiocarbonyl (C=S) groups is 1. The molecule has 0 aliphatic rings. The third-order valence-electron chi connectivity index (χ3n) is 5.23. The van der Waals surface area contributed by atoms with Crippen LogP contribution in [0.1, 0.15) is 15.9 Å². The lowest BCUT2D eigenvalue weighted by Crippen LogP contribution is -2.34. The number of para-hydroxylation sites is 2. The Morgan fingerprint density at radius 2 is 1.69 bits per heavy atom. The molecule has 5 aromatic rings. The second kappa shape index (κ2) is 10.2. The Morgan fingerprint density at radius 3 is 2.54 bits per heavy atom. The Bertz CT molecular complexity index is 1460. The van der Waals surface area contributed by atoms with Crippen molar-refractivity contribution in [2.75, 3.05) is 5.32 Å². The molecular weight excluding hydrogens is 458 g/mol. The van der Waals surface area contributed by atoms with Gasteiger partial charge in [-0.25, -0.2) is 4.98 Å². The number of benzene rings is 4. The summed E-state index contributed by atoms with van der Waals surface area (Å²) in [5.41, 5.74) is 4.50. The molecule has 4 aromatic carbocycles. The quantitative estimate of drug-likeness (QED) is 0.282. The number of nitrogens with one attached hydrogen (secondary N) is 2. The zero-order valence-corrected chi connectivity index (χ0v) is 19.4. The number of carbonyl (C=O) groups is 1. The summed E-state index contributed by atoms with van der Waals surface area (Å²) in [6.07, 6.45) is 0. The molecule has 0 radical (unpaired) electrons. The van der Waals surface area contributed by atoms with Crippen LogP contribution in [-0.4, -0.2) is 16.0 Å². The summed E-state index contributed by atoms with van der Waals surface area (Å²) in [5.74, 6) is 0.784. The van der Waals surface area contributed by atoms with Crippen LogP contribution in [0.15, 0.2) is 108 Å². The first-order chi connectivity index (χ1) is 17.1. The van der Waals surface area contributed by atoms with E-state index in [1.807, 2.05) is 84.9 Å². The molecular formula is C28H21N3O3S. The molecule has 0 saturated heterocycles.